The number of aldehydes is 1. The maximum atomic E-state index is 11.9. The van der Waals surface area contributed by atoms with Crippen molar-refractivity contribution in [3.8, 4) is 12.3 Å². The van der Waals surface area contributed by atoms with Crippen LogP contribution in [0.1, 0.15) is 40.5 Å². The van der Waals surface area contributed by atoms with Crippen molar-refractivity contribution < 1.29 is 14.0 Å². The van der Waals surface area contributed by atoms with Gasteiger partial charge in [-0.1, -0.05) is 38.3 Å². The lowest BCUT2D eigenvalue weighted by atomic mass is 9.75. The fraction of sp³-hybridized carbons (Fsp3) is 0.722. The summed E-state index contributed by atoms with van der Waals surface area (Å²) in [6, 6.07) is 0. The molecule has 22 heavy (non-hydrogen) atoms. The molecule has 1 rings (SSSR count). The second-order valence-electron chi connectivity index (χ2n) is 7.86. The van der Waals surface area contributed by atoms with Crippen molar-refractivity contribution in [2.75, 3.05) is 13.2 Å². The highest BCUT2D eigenvalue weighted by molar-refractivity contribution is 6.74. The van der Waals surface area contributed by atoms with Gasteiger partial charge in [-0.3, -0.25) is 0 Å². The zero-order chi connectivity index (χ0) is 17.0. The minimum absolute atomic E-state index is 0.0977. The smallest absolute Gasteiger partial charge is 0.192 e. The van der Waals surface area contributed by atoms with Crippen LogP contribution in [0.15, 0.2) is 11.6 Å². The van der Waals surface area contributed by atoms with E-state index in [2.05, 4.69) is 52.8 Å². The van der Waals surface area contributed by atoms with E-state index in [0.717, 1.165) is 19.1 Å². The lowest BCUT2D eigenvalue weighted by molar-refractivity contribution is -0.126. The minimum Gasteiger partial charge on any atom is -0.409 e. The summed E-state index contributed by atoms with van der Waals surface area (Å²) in [5.41, 5.74) is 0.657. The van der Waals surface area contributed by atoms with Crippen LogP contribution in [-0.4, -0.2) is 33.9 Å². The Bertz CT molecular complexity index is 468. The normalized spacial score (nSPS) is 26.2. The van der Waals surface area contributed by atoms with E-state index in [1.807, 2.05) is 0 Å². The Morgan fingerprint density at radius 2 is 2.14 bits per heavy atom. The highest BCUT2D eigenvalue weighted by atomic mass is 28.4. The second-order valence-corrected chi connectivity index (χ2v) is 12.6. The van der Waals surface area contributed by atoms with E-state index in [1.54, 1.807) is 0 Å². The van der Waals surface area contributed by atoms with Gasteiger partial charge in [0.05, 0.1) is 18.1 Å². The van der Waals surface area contributed by atoms with Gasteiger partial charge in [-0.05, 0) is 37.9 Å². The Hall–Kier alpha value is -0.893. The zero-order valence-corrected chi connectivity index (χ0v) is 15.9. The van der Waals surface area contributed by atoms with Crippen LogP contribution in [0.3, 0.4) is 0 Å². The van der Waals surface area contributed by atoms with Crippen molar-refractivity contribution in [1.82, 2.24) is 0 Å². The fourth-order valence-corrected chi connectivity index (χ4v) is 3.63. The number of hydrogen-bond acceptors (Lipinski definition) is 3. The summed E-state index contributed by atoms with van der Waals surface area (Å²) < 4.78 is 12.1. The standard InChI is InChI=1S/C18H30O3Si/c1-8-11-20-14-18(13-19)10-9-15(2)12-16(18)21-22(6,7)17(3,4)5/h1,12-13,16H,9-11,14H2,2-7H3/t16-,18+/m0/s1. The van der Waals surface area contributed by atoms with Gasteiger partial charge in [0.1, 0.15) is 12.9 Å². The van der Waals surface area contributed by atoms with Crippen molar-refractivity contribution in [2.24, 2.45) is 5.41 Å². The quantitative estimate of drug-likeness (QED) is 0.244. The van der Waals surface area contributed by atoms with Gasteiger partial charge in [0.2, 0.25) is 0 Å². The second kappa shape index (κ2) is 7.12. The SMILES string of the molecule is C#CCOC[C@]1(C=O)CCC(C)=C[C@@H]1O[Si](C)(C)C(C)(C)C. The molecule has 0 saturated heterocycles. The van der Waals surface area contributed by atoms with Crippen molar-refractivity contribution in [3.05, 3.63) is 11.6 Å². The van der Waals surface area contributed by atoms with Crippen LogP contribution in [0.2, 0.25) is 18.1 Å². The molecule has 1 aliphatic rings. The molecule has 2 atom stereocenters. The third-order valence-electron chi connectivity index (χ3n) is 5.01. The third-order valence-corrected chi connectivity index (χ3v) is 9.46. The molecular weight excluding hydrogens is 292 g/mol. The van der Waals surface area contributed by atoms with Crippen molar-refractivity contribution >= 4 is 14.6 Å². The maximum Gasteiger partial charge on any atom is 0.192 e. The zero-order valence-electron chi connectivity index (χ0n) is 14.9. The van der Waals surface area contributed by atoms with Crippen LogP contribution in [0.25, 0.3) is 0 Å². The summed E-state index contributed by atoms with van der Waals surface area (Å²) in [6.07, 6.45) is 9.80. The predicted octanol–water partition coefficient (Wildman–Crippen LogP) is 3.95. The first-order valence-corrected chi connectivity index (χ1v) is 10.8. The van der Waals surface area contributed by atoms with Gasteiger partial charge in [0.15, 0.2) is 8.32 Å². The summed E-state index contributed by atoms with van der Waals surface area (Å²) in [5.74, 6) is 2.46. The van der Waals surface area contributed by atoms with E-state index in [9.17, 15) is 4.79 Å². The first-order valence-electron chi connectivity index (χ1n) is 7.91. The number of hydrogen-bond donors (Lipinski definition) is 0. The van der Waals surface area contributed by atoms with Gasteiger partial charge in [0.25, 0.3) is 0 Å². The van der Waals surface area contributed by atoms with Crippen LogP contribution in [0.5, 0.6) is 0 Å². The molecule has 0 aromatic rings. The average Bonchev–Trinajstić information content (AvgIpc) is 2.40. The molecule has 3 nitrogen and oxygen atoms in total. The molecule has 0 amide bonds. The summed E-state index contributed by atoms with van der Waals surface area (Å²) >= 11 is 0. The van der Waals surface area contributed by atoms with Crippen LogP contribution >= 0.6 is 0 Å². The molecule has 4 heteroatoms. The largest absolute Gasteiger partial charge is 0.409 e. The molecule has 1 aliphatic carbocycles. The highest BCUT2D eigenvalue weighted by Gasteiger charge is 2.47. The lowest BCUT2D eigenvalue weighted by Gasteiger charge is -2.45. The number of carbonyl (C=O) groups is 1. The van der Waals surface area contributed by atoms with Crippen LogP contribution in [0.4, 0.5) is 0 Å². The number of carbonyl (C=O) groups excluding carboxylic acids is 1. The molecule has 124 valence electrons. The predicted molar refractivity (Wildman–Crippen MR) is 93.2 cm³/mol. The molecule has 0 radical (unpaired) electrons. The monoisotopic (exact) mass is 322 g/mol. The summed E-state index contributed by atoms with van der Waals surface area (Å²) in [7, 11) is -1.97. The molecule has 0 bridgehead atoms. The summed E-state index contributed by atoms with van der Waals surface area (Å²) in [4.78, 5) is 11.9. The molecule has 0 heterocycles. The van der Waals surface area contributed by atoms with E-state index >= 15 is 0 Å². The van der Waals surface area contributed by atoms with Gasteiger partial charge >= 0.3 is 0 Å². The number of rotatable bonds is 6. The van der Waals surface area contributed by atoms with E-state index in [-0.39, 0.29) is 17.7 Å². The number of terminal acetylenes is 1. The molecule has 0 saturated carbocycles. The molecule has 0 aliphatic heterocycles. The lowest BCUT2D eigenvalue weighted by Crippen LogP contribution is -2.52. The number of ether oxygens (including phenoxy) is 1. The van der Waals surface area contributed by atoms with Crippen LogP contribution < -0.4 is 0 Å². The minimum atomic E-state index is -1.97. The molecule has 0 unspecified atom stereocenters. The first-order chi connectivity index (χ1) is 10.1. The fourth-order valence-electron chi connectivity index (χ4n) is 2.34. The third kappa shape index (κ3) is 4.31. The van der Waals surface area contributed by atoms with Crippen LogP contribution in [-0.2, 0) is 14.0 Å². The Morgan fingerprint density at radius 1 is 1.50 bits per heavy atom. The van der Waals surface area contributed by atoms with Gasteiger partial charge in [-0.15, -0.1) is 6.42 Å². The highest BCUT2D eigenvalue weighted by Crippen LogP contribution is 2.43. The van der Waals surface area contributed by atoms with E-state index < -0.39 is 13.7 Å². The van der Waals surface area contributed by atoms with Crippen molar-refractivity contribution in [3.63, 3.8) is 0 Å². The van der Waals surface area contributed by atoms with Gasteiger partial charge < -0.3 is 14.0 Å². The van der Waals surface area contributed by atoms with E-state index in [4.69, 9.17) is 15.6 Å². The maximum absolute atomic E-state index is 11.9. The molecule has 0 aromatic carbocycles. The van der Waals surface area contributed by atoms with E-state index in [1.165, 1.54) is 5.57 Å². The van der Waals surface area contributed by atoms with Crippen molar-refractivity contribution in [1.29, 1.82) is 0 Å². The Labute approximate surface area is 136 Å². The molecule has 0 aromatic heterocycles. The molecular formula is C18H30O3Si. The first kappa shape index (κ1) is 19.2. The van der Waals surface area contributed by atoms with Gasteiger partial charge in [-0.2, -0.15) is 0 Å². The molecule has 0 fully saturated rings. The Morgan fingerprint density at radius 3 is 2.64 bits per heavy atom. The van der Waals surface area contributed by atoms with Gasteiger partial charge in [0, 0.05) is 0 Å². The summed E-state index contributed by atoms with van der Waals surface area (Å²) in [5, 5.41) is 0.0977. The topological polar surface area (TPSA) is 35.5 Å². The number of allylic oxidation sites excluding steroid dienone is 1. The Kier molecular flexibility index (Phi) is 6.20. The van der Waals surface area contributed by atoms with Crippen LogP contribution in [0, 0.1) is 17.8 Å². The van der Waals surface area contributed by atoms with E-state index in [0.29, 0.717) is 6.61 Å². The van der Waals surface area contributed by atoms with Crippen molar-refractivity contribution in [2.45, 2.75) is 64.8 Å². The molecule has 0 spiro atoms. The van der Waals surface area contributed by atoms with Gasteiger partial charge in [-0.25, -0.2) is 0 Å². The summed E-state index contributed by atoms with van der Waals surface area (Å²) in [6.45, 7) is 13.7. The average molecular weight is 323 g/mol. The Balaban J connectivity index is 3.05. The molecule has 0 N–H and O–H groups in total.